The van der Waals surface area contributed by atoms with Gasteiger partial charge >= 0.3 is 5.97 Å². The third-order valence-corrected chi connectivity index (χ3v) is 5.26. The van der Waals surface area contributed by atoms with Crippen molar-refractivity contribution in [1.29, 1.82) is 0 Å². The van der Waals surface area contributed by atoms with E-state index < -0.39 is 18.5 Å². The lowest BCUT2D eigenvalue weighted by Gasteiger charge is -2.11. The minimum absolute atomic E-state index is 0.135. The molecule has 3 rings (SSSR count). The number of hydrogen-bond donors (Lipinski definition) is 2. The molecule has 1 aromatic heterocycles. The Hall–Kier alpha value is -3.59. The molecule has 0 aliphatic carbocycles. The first-order valence-electron chi connectivity index (χ1n) is 9.49. The smallest absolute Gasteiger partial charge is 0.340 e. The van der Waals surface area contributed by atoms with Crippen LogP contribution >= 0.6 is 11.8 Å². The number of hydrogen-bond acceptors (Lipinski definition) is 6. The monoisotopic (exact) mass is 438 g/mol. The fourth-order valence-electron chi connectivity index (χ4n) is 2.63. The van der Waals surface area contributed by atoms with E-state index in [9.17, 15) is 14.4 Å². The number of rotatable bonds is 9. The molecule has 3 aromatic rings. The predicted octanol–water partition coefficient (Wildman–Crippen LogP) is 2.62. The molecule has 2 amide bonds. The van der Waals surface area contributed by atoms with Crippen molar-refractivity contribution >= 4 is 35.2 Å². The first-order valence-corrected chi connectivity index (χ1v) is 10.5. The van der Waals surface area contributed by atoms with Crippen molar-refractivity contribution in [2.45, 2.75) is 11.7 Å². The lowest BCUT2D eigenvalue weighted by atomic mass is 10.2. The third-order valence-electron chi connectivity index (χ3n) is 4.20. The topological polar surface area (TPSA) is 102 Å². The van der Waals surface area contributed by atoms with Gasteiger partial charge in [0.25, 0.3) is 5.91 Å². The van der Waals surface area contributed by atoms with Gasteiger partial charge in [0, 0.05) is 26.0 Å². The van der Waals surface area contributed by atoms with E-state index in [1.807, 2.05) is 41.9 Å². The number of nitrogens with one attached hydrogen (secondary N) is 2. The van der Waals surface area contributed by atoms with Gasteiger partial charge in [-0.25, -0.2) is 9.78 Å². The summed E-state index contributed by atoms with van der Waals surface area (Å²) in [6.45, 7) is -0.0690. The molecule has 9 heteroatoms. The van der Waals surface area contributed by atoms with E-state index >= 15 is 0 Å². The summed E-state index contributed by atoms with van der Waals surface area (Å²) in [5.74, 6) is -1.25. The van der Waals surface area contributed by atoms with Crippen LogP contribution in [0.4, 0.5) is 5.69 Å². The number of aromatic nitrogens is 2. The average molecular weight is 439 g/mol. The van der Waals surface area contributed by atoms with Crippen LogP contribution < -0.4 is 10.6 Å². The summed E-state index contributed by atoms with van der Waals surface area (Å²) in [5.41, 5.74) is 1.44. The minimum atomic E-state index is -0.692. The Labute approximate surface area is 184 Å². The lowest BCUT2D eigenvalue weighted by molar-refractivity contribution is -0.124. The van der Waals surface area contributed by atoms with Gasteiger partial charge in [0.05, 0.1) is 17.0 Å². The molecule has 0 spiro atoms. The maximum Gasteiger partial charge on any atom is 0.340 e. The maximum absolute atomic E-state index is 12.4. The standard InChI is InChI=1S/C22H22N4O4S/c1-26-12-11-23-22(26)31-15-20(28)25-18-10-6-5-9-17(18)21(29)30-14-19(27)24-13-16-7-3-2-4-8-16/h2-12H,13-15H2,1H3,(H,24,27)(H,25,28). The van der Waals surface area contributed by atoms with E-state index in [0.717, 1.165) is 5.56 Å². The second-order valence-corrected chi connectivity index (χ2v) is 7.48. The Morgan fingerprint density at radius 2 is 1.77 bits per heavy atom. The van der Waals surface area contributed by atoms with Crippen molar-refractivity contribution in [2.24, 2.45) is 7.05 Å². The number of carbonyl (C=O) groups excluding carboxylic acids is 3. The molecule has 0 fully saturated rings. The average Bonchev–Trinajstić information content (AvgIpc) is 3.20. The van der Waals surface area contributed by atoms with Crippen molar-refractivity contribution in [3.63, 3.8) is 0 Å². The Kier molecular flexibility index (Phi) is 7.83. The highest BCUT2D eigenvalue weighted by Gasteiger charge is 2.16. The zero-order valence-corrected chi connectivity index (χ0v) is 17.7. The van der Waals surface area contributed by atoms with E-state index in [4.69, 9.17) is 4.74 Å². The molecule has 160 valence electrons. The number of ether oxygens (including phenoxy) is 1. The molecular weight excluding hydrogens is 416 g/mol. The summed E-state index contributed by atoms with van der Waals surface area (Å²) in [4.78, 5) is 40.9. The number of anilines is 1. The number of thioether (sulfide) groups is 1. The SMILES string of the molecule is Cn1ccnc1SCC(=O)Nc1ccccc1C(=O)OCC(=O)NCc1ccccc1. The second-order valence-electron chi connectivity index (χ2n) is 6.54. The number of imidazole rings is 1. The van der Waals surface area contributed by atoms with E-state index in [2.05, 4.69) is 15.6 Å². The van der Waals surface area contributed by atoms with Crippen molar-refractivity contribution in [2.75, 3.05) is 17.7 Å². The highest BCUT2D eigenvalue weighted by molar-refractivity contribution is 7.99. The second kappa shape index (κ2) is 11.0. The molecule has 0 saturated heterocycles. The number of amides is 2. The summed E-state index contributed by atoms with van der Waals surface area (Å²) in [6.07, 6.45) is 3.45. The fraction of sp³-hybridized carbons (Fsp3) is 0.182. The molecule has 0 radical (unpaired) electrons. The highest BCUT2D eigenvalue weighted by atomic mass is 32.2. The summed E-state index contributed by atoms with van der Waals surface area (Å²) >= 11 is 1.28. The Balaban J connectivity index is 1.50. The van der Waals surface area contributed by atoms with Crippen LogP contribution in [0.5, 0.6) is 0 Å². The normalized spacial score (nSPS) is 10.4. The highest BCUT2D eigenvalue weighted by Crippen LogP contribution is 2.18. The molecule has 2 aromatic carbocycles. The molecule has 2 N–H and O–H groups in total. The molecule has 8 nitrogen and oxygen atoms in total. The van der Waals surface area contributed by atoms with Crippen LogP contribution in [0, 0.1) is 0 Å². The quantitative estimate of drug-likeness (QED) is 0.393. The molecule has 0 aliphatic heterocycles. The van der Waals surface area contributed by atoms with Gasteiger partial charge in [-0.15, -0.1) is 0 Å². The number of para-hydroxylation sites is 1. The molecule has 0 unspecified atom stereocenters. The molecular formula is C22H22N4O4S. The van der Waals surface area contributed by atoms with Gasteiger partial charge in [-0.05, 0) is 17.7 Å². The van der Waals surface area contributed by atoms with Crippen LogP contribution in [0.15, 0.2) is 72.1 Å². The number of carbonyl (C=O) groups is 3. The summed E-state index contributed by atoms with van der Waals surface area (Å²) in [5, 5.41) is 6.11. The largest absolute Gasteiger partial charge is 0.452 e. The van der Waals surface area contributed by atoms with Crippen molar-refractivity contribution in [3.8, 4) is 0 Å². The third kappa shape index (κ3) is 6.71. The number of nitrogens with zero attached hydrogens (tertiary/aromatic N) is 2. The van der Waals surface area contributed by atoms with Gasteiger partial charge in [0.2, 0.25) is 5.91 Å². The van der Waals surface area contributed by atoms with E-state index in [1.165, 1.54) is 17.8 Å². The summed E-state index contributed by atoms with van der Waals surface area (Å²) < 4.78 is 6.93. The number of aryl methyl sites for hydroxylation is 1. The van der Waals surface area contributed by atoms with E-state index in [0.29, 0.717) is 17.4 Å². The van der Waals surface area contributed by atoms with Crippen LogP contribution in [-0.2, 0) is 27.9 Å². The molecule has 0 bridgehead atoms. The van der Waals surface area contributed by atoms with Crippen LogP contribution in [0.1, 0.15) is 15.9 Å². The van der Waals surface area contributed by atoms with Crippen molar-refractivity contribution in [3.05, 3.63) is 78.1 Å². The zero-order chi connectivity index (χ0) is 22.1. The summed E-state index contributed by atoms with van der Waals surface area (Å²) in [7, 11) is 1.84. The van der Waals surface area contributed by atoms with Crippen LogP contribution in [0.3, 0.4) is 0 Å². The van der Waals surface area contributed by atoms with Gasteiger partial charge in [0.15, 0.2) is 11.8 Å². The van der Waals surface area contributed by atoms with Gasteiger partial charge < -0.3 is 19.9 Å². The molecule has 0 atom stereocenters. The molecule has 31 heavy (non-hydrogen) atoms. The van der Waals surface area contributed by atoms with E-state index in [-0.39, 0.29) is 17.2 Å². The van der Waals surface area contributed by atoms with Crippen LogP contribution in [0.25, 0.3) is 0 Å². The Morgan fingerprint density at radius 3 is 2.52 bits per heavy atom. The molecule has 1 heterocycles. The maximum atomic E-state index is 12.4. The zero-order valence-electron chi connectivity index (χ0n) is 16.9. The Morgan fingerprint density at radius 1 is 1.03 bits per heavy atom. The Bertz CT molecular complexity index is 1050. The van der Waals surface area contributed by atoms with Crippen molar-refractivity contribution < 1.29 is 19.1 Å². The van der Waals surface area contributed by atoms with Crippen LogP contribution in [0.2, 0.25) is 0 Å². The van der Waals surface area contributed by atoms with Gasteiger partial charge in [-0.2, -0.15) is 0 Å². The van der Waals surface area contributed by atoms with Gasteiger partial charge in [-0.1, -0.05) is 54.2 Å². The molecule has 0 saturated carbocycles. The lowest BCUT2D eigenvalue weighted by Crippen LogP contribution is -2.28. The van der Waals surface area contributed by atoms with Crippen molar-refractivity contribution in [1.82, 2.24) is 14.9 Å². The first kappa shape index (κ1) is 22.1. The number of benzene rings is 2. The molecule has 0 aliphatic rings. The van der Waals surface area contributed by atoms with Gasteiger partial charge in [0.1, 0.15) is 0 Å². The van der Waals surface area contributed by atoms with E-state index in [1.54, 1.807) is 30.6 Å². The van der Waals surface area contributed by atoms with Crippen LogP contribution in [-0.4, -0.2) is 39.7 Å². The fourth-order valence-corrected chi connectivity index (χ4v) is 3.37. The van der Waals surface area contributed by atoms with Gasteiger partial charge in [-0.3, -0.25) is 9.59 Å². The predicted molar refractivity (Wildman–Crippen MR) is 118 cm³/mol. The first-order chi connectivity index (χ1) is 15.0. The summed E-state index contributed by atoms with van der Waals surface area (Å²) in [6, 6.07) is 15.9. The number of esters is 1. The minimum Gasteiger partial charge on any atom is -0.452 e.